The van der Waals surface area contributed by atoms with Crippen LogP contribution in [0.4, 0.5) is 0 Å². The summed E-state index contributed by atoms with van der Waals surface area (Å²) in [6.45, 7) is 2.04. The molecule has 0 fully saturated rings. The SMILES string of the molecule is CNCCNC(=O)c1cnn(Cc2ccccc2)c1. The molecule has 0 aliphatic heterocycles. The molecule has 0 saturated carbocycles. The molecule has 0 unspecified atom stereocenters. The molecule has 1 aromatic heterocycles. The van der Waals surface area contributed by atoms with Gasteiger partial charge < -0.3 is 10.6 Å². The summed E-state index contributed by atoms with van der Waals surface area (Å²) >= 11 is 0. The third-order valence-corrected chi connectivity index (χ3v) is 2.74. The molecule has 5 heteroatoms. The molecular weight excluding hydrogens is 240 g/mol. The van der Waals surface area contributed by atoms with Crippen molar-refractivity contribution < 1.29 is 4.79 Å². The van der Waals surface area contributed by atoms with E-state index < -0.39 is 0 Å². The Hall–Kier alpha value is -2.14. The molecule has 0 atom stereocenters. The minimum Gasteiger partial charge on any atom is -0.351 e. The lowest BCUT2D eigenvalue weighted by molar-refractivity contribution is 0.0954. The number of hydrogen-bond donors (Lipinski definition) is 2. The van der Waals surface area contributed by atoms with Gasteiger partial charge in [0.1, 0.15) is 0 Å². The van der Waals surface area contributed by atoms with Crippen LogP contribution in [0.2, 0.25) is 0 Å². The third-order valence-electron chi connectivity index (χ3n) is 2.74. The largest absolute Gasteiger partial charge is 0.351 e. The second-order valence-corrected chi connectivity index (χ2v) is 4.27. The monoisotopic (exact) mass is 258 g/mol. The Bertz CT molecular complexity index is 521. The molecule has 5 nitrogen and oxygen atoms in total. The standard InChI is InChI=1S/C14H18N4O/c1-15-7-8-16-14(19)13-9-17-18(11-13)10-12-5-3-2-4-6-12/h2-6,9,11,15H,7-8,10H2,1H3,(H,16,19). The van der Waals surface area contributed by atoms with Crippen molar-refractivity contribution in [2.45, 2.75) is 6.54 Å². The van der Waals surface area contributed by atoms with Gasteiger partial charge in [0.25, 0.3) is 5.91 Å². The lowest BCUT2D eigenvalue weighted by Gasteiger charge is -2.02. The lowest BCUT2D eigenvalue weighted by Crippen LogP contribution is -2.30. The molecule has 100 valence electrons. The van der Waals surface area contributed by atoms with E-state index in [4.69, 9.17) is 0 Å². The maximum absolute atomic E-state index is 11.8. The second kappa shape index (κ2) is 6.70. The number of carbonyl (C=O) groups is 1. The highest BCUT2D eigenvalue weighted by Crippen LogP contribution is 2.03. The molecule has 2 N–H and O–H groups in total. The van der Waals surface area contributed by atoms with E-state index in [1.165, 1.54) is 0 Å². The van der Waals surface area contributed by atoms with Crippen molar-refractivity contribution in [3.05, 3.63) is 53.9 Å². The Balaban J connectivity index is 1.93. The summed E-state index contributed by atoms with van der Waals surface area (Å²) in [4.78, 5) is 11.8. The quantitative estimate of drug-likeness (QED) is 0.756. The van der Waals surface area contributed by atoms with Crippen molar-refractivity contribution >= 4 is 5.91 Å². The molecule has 1 heterocycles. The van der Waals surface area contributed by atoms with Crippen LogP contribution < -0.4 is 10.6 Å². The predicted molar refractivity (Wildman–Crippen MR) is 74.0 cm³/mol. The highest BCUT2D eigenvalue weighted by Gasteiger charge is 2.07. The number of hydrogen-bond acceptors (Lipinski definition) is 3. The molecule has 0 bridgehead atoms. The Kier molecular flexibility index (Phi) is 4.69. The Labute approximate surface area is 112 Å². The summed E-state index contributed by atoms with van der Waals surface area (Å²) in [5.41, 5.74) is 1.75. The van der Waals surface area contributed by atoms with Crippen LogP contribution in [0.1, 0.15) is 15.9 Å². The molecule has 0 saturated heterocycles. The summed E-state index contributed by atoms with van der Waals surface area (Å²) in [5, 5.41) is 10.0. The molecule has 1 amide bonds. The number of nitrogens with zero attached hydrogens (tertiary/aromatic N) is 2. The number of aromatic nitrogens is 2. The van der Waals surface area contributed by atoms with Gasteiger partial charge in [-0.2, -0.15) is 5.10 Å². The van der Waals surface area contributed by atoms with E-state index in [9.17, 15) is 4.79 Å². The van der Waals surface area contributed by atoms with Gasteiger partial charge in [0, 0.05) is 19.3 Å². The smallest absolute Gasteiger partial charge is 0.254 e. The van der Waals surface area contributed by atoms with Gasteiger partial charge in [-0.3, -0.25) is 9.48 Å². The number of likely N-dealkylation sites (N-methyl/N-ethyl adjacent to an activating group) is 1. The number of amides is 1. The number of rotatable bonds is 6. The van der Waals surface area contributed by atoms with Crippen molar-refractivity contribution in [2.75, 3.05) is 20.1 Å². The van der Waals surface area contributed by atoms with Gasteiger partial charge in [-0.1, -0.05) is 30.3 Å². The zero-order chi connectivity index (χ0) is 13.5. The van der Waals surface area contributed by atoms with Crippen LogP contribution in [0, 0.1) is 0 Å². The van der Waals surface area contributed by atoms with Crippen LogP contribution >= 0.6 is 0 Å². The minimum absolute atomic E-state index is 0.0884. The lowest BCUT2D eigenvalue weighted by atomic mass is 10.2. The van der Waals surface area contributed by atoms with Gasteiger partial charge in [-0.15, -0.1) is 0 Å². The fourth-order valence-electron chi connectivity index (χ4n) is 1.74. The van der Waals surface area contributed by atoms with E-state index in [2.05, 4.69) is 15.7 Å². The van der Waals surface area contributed by atoms with E-state index >= 15 is 0 Å². The fraction of sp³-hybridized carbons (Fsp3) is 0.286. The first-order chi connectivity index (χ1) is 9.29. The summed E-state index contributed by atoms with van der Waals surface area (Å²) in [5.74, 6) is -0.0884. The first kappa shape index (κ1) is 13.3. The average Bonchev–Trinajstić information content (AvgIpc) is 2.89. The Morgan fingerprint density at radius 2 is 2.05 bits per heavy atom. The molecule has 1 aromatic carbocycles. The first-order valence-electron chi connectivity index (χ1n) is 6.29. The van der Waals surface area contributed by atoms with Gasteiger partial charge in [-0.05, 0) is 12.6 Å². The van der Waals surface area contributed by atoms with Crippen molar-refractivity contribution in [3.63, 3.8) is 0 Å². The average molecular weight is 258 g/mol. The van der Waals surface area contributed by atoms with E-state index in [1.54, 1.807) is 17.1 Å². The van der Waals surface area contributed by atoms with Crippen molar-refractivity contribution in [2.24, 2.45) is 0 Å². The van der Waals surface area contributed by atoms with Gasteiger partial charge in [0.05, 0.1) is 18.3 Å². The highest BCUT2D eigenvalue weighted by molar-refractivity contribution is 5.93. The van der Waals surface area contributed by atoms with Crippen molar-refractivity contribution in [3.8, 4) is 0 Å². The molecule has 2 rings (SSSR count). The number of carbonyl (C=O) groups excluding carboxylic acids is 1. The topological polar surface area (TPSA) is 58.9 Å². The van der Waals surface area contributed by atoms with E-state index in [0.29, 0.717) is 18.7 Å². The number of benzene rings is 1. The third kappa shape index (κ3) is 3.93. The van der Waals surface area contributed by atoms with Gasteiger partial charge >= 0.3 is 0 Å². The molecule has 0 aliphatic carbocycles. The highest BCUT2D eigenvalue weighted by atomic mass is 16.1. The summed E-state index contributed by atoms with van der Waals surface area (Å²) in [7, 11) is 1.85. The van der Waals surface area contributed by atoms with Crippen molar-refractivity contribution in [1.82, 2.24) is 20.4 Å². The maximum Gasteiger partial charge on any atom is 0.254 e. The van der Waals surface area contributed by atoms with E-state index in [0.717, 1.165) is 12.1 Å². The van der Waals surface area contributed by atoms with E-state index in [-0.39, 0.29) is 5.91 Å². The molecule has 19 heavy (non-hydrogen) atoms. The van der Waals surface area contributed by atoms with E-state index in [1.807, 2.05) is 37.4 Å². The normalized spacial score (nSPS) is 10.4. The minimum atomic E-state index is -0.0884. The van der Waals surface area contributed by atoms with Crippen molar-refractivity contribution in [1.29, 1.82) is 0 Å². The summed E-state index contributed by atoms with van der Waals surface area (Å²) < 4.78 is 1.77. The predicted octanol–water partition coefficient (Wildman–Crippen LogP) is 0.881. The van der Waals surface area contributed by atoms with Crippen LogP contribution in [-0.2, 0) is 6.54 Å². The fourth-order valence-corrected chi connectivity index (χ4v) is 1.74. The molecule has 0 aliphatic rings. The zero-order valence-corrected chi connectivity index (χ0v) is 11.0. The molecular formula is C14H18N4O. The van der Waals surface area contributed by atoms with Gasteiger partial charge in [0.15, 0.2) is 0 Å². The van der Waals surface area contributed by atoms with Crippen LogP contribution in [0.3, 0.4) is 0 Å². The summed E-state index contributed by atoms with van der Waals surface area (Å²) in [6.07, 6.45) is 3.36. The first-order valence-corrected chi connectivity index (χ1v) is 6.29. The van der Waals surface area contributed by atoms with Crippen LogP contribution in [0.5, 0.6) is 0 Å². The maximum atomic E-state index is 11.8. The summed E-state index contributed by atoms with van der Waals surface area (Å²) in [6, 6.07) is 10.0. The van der Waals surface area contributed by atoms with Crippen LogP contribution in [0.25, 0.3) is 0 Å². The van der Waals surface area contributed by atoms with Crippen LogP contribution in [-0.4, -0.2) is 35.8 Å². The molecule has 0 radical (unpaired) electrons. The Morgan fingerprint density at radius 3 is 2.79 bits per heavy atom. The molecule has 2 aromatic rings. The molecule has 0 spiro atoms. The second-order valence-electron chi connectivity index (χ2n) is 4.27. The zero-order valence-electron chi connectivity index (χ0n) is 11.0. The van der Waals surface area contributed by atoms with Gasteiger partial charge in [-0.25, -0.2) is 0 Å². The number of nitrogens with one attached hydrogen (secondary N) is 2. The van der Waals surface area contributed by atoms with Gasteiger partial charge in [0.2, 0.25) is 0 Å². The van der Waals surface area contributed by atoms with Crippen LogP contribution in [0.15, 0.2) is 42.7 Å². The Morgan fingerprint density at radius 1 is 1.26 bits per heavy atom.